The zero-order valence-corrected chi connectivity index (χ0v) is 15.4. The highest BCUT2D eigenvalue weighted by atomic mass is 15.1. The quantitative estimate of drug-likeness (QED) is 0.642. The number of rotatable bonds is 2. The third-order valence-electron chi connectivity index (χ3n) is 5.40. The molecule has 0 saturated heterocycles. The number of nitrogens with zero attached hydrogens (tertiary/aromatic N) is 2. The molecule has 128 valence electrons. The summed E-state index contributed by atoms with van der Waals surface area (Å²) in [5.41, 5.74) is 8.30. The molecule has 2 heteroatoms. The summed E-state index contributed by atoms with van der Waals surface area (Å²) in [5.74, 6) is 0. The lowest BCUT2D eigenvalue weighted by molar-refractivity contribution is 0.351. The first-order chi connectivity index (χ1) is 12.1. The fourth-order valence-corrected chi connectivity index (χ4v) is 3.93. The van der Waals surface area contributed by atoms with E-state index in [1.165, 1.54) is 33.3 Å². The summed E-state index contributed by atoms with van der Waals surface area (Å²) in [7, 11) is 2.23. The first-order valence-corrected chi connectivity index (χ1v) is 9.18. The fraction of sp³-hybridized carbons (Fsp3) is 0.304. The zero-order valence-electron chi connectivity index (χ0n) is 15.4. The van der Waals surface area contributed by atoms with Crippen LogP contribution >= 0.6 is 0 Å². The number of aryl methyl sites for hydroxylation is 1. The normalized spacial score (nSPS) is 16.0. The second-order valence-corrected chi connectivity index (χ2v) is 7.30. The predicted octanol–water partition coefficient (Wildman–Crippen LogP) is 5.00. The first-order valence-electron chi connectivity index (χ1n) is 9.18. The fourth-order valence-electron chi connectivity index (χ4n) is 3.93. The van der Waals surface area contributed by atoms with Crippen molar-refractivity contribution >= 4 is 22.7 Å². The van der Waals surface area contributed by atoms with Crippen molar-refractivity contribution in [3.8, 4) is 0 Å². The smallest absolute Gasteiger partial charge is 0.0528 e. The maximum absolute atomic E-state index is 2.45. The lowest BCUT2D eigenvalue weighted by atomic mass is 10.1. The maximum Gasteiger partial charge on any atom is 0.0528 e. The summed E-state index contributed by atoms with van der Waals surface area (Å²) in [6, 6.07) is 17.6. The van der Waals surface area contributed by atoms with Crippen LogP contribution in [-0.4, -0.2) is 29.6 Å². The molecule has 0 aliphatic carbocycles. The summed E-state index contributed by atoms with van der Waals surface area (Å²) >= 11 is 0. The van der Waals surface area contributed by atoms with Crippen molar-refractivity contribution in [2.24, 2.45) is 0 Å². The molecular formula is C23H26N2. The van der Waals surface area contributed by atoms with E-state index in [2.05, 4.69) is 85.1 Å². The Morgan fingerprint density at radius 1 is 1.00 bits per heavy atom. The van der Waals surface area contributed by atoms with Crippen LogP contribution in [0.5, 0.6) is 0 Å². The molecule has 1 aliphatic rings. The van der Waals surface area contributed by atoms with Crippen LogP contribution in [0, 0.1) is 6.92 Å². The van der Waals surface area contributed by atoms with Gasteiger partial charge in [0.1, 0.15) is 0 Å². The molecule has 1 aliphatic heterocycles. The van der Waals surface area contributed by atoms with E-state index in [-0.39, 0.29) is 0 Å². The first kappa shape index (κ1) is 16.2. The maximum atomic E-state index is 2.45. The highest BCUT2D eigenvalue weighted by Crippen LogP contribution is 2.31. The molecule has 0 amide bonds. The lowest BCUT2D eigenvalue weighted by Crippen LogP contribution is -2.21. The van der Waals surface area contributed by atoms with Gasteiger partial charge in [0.2, 0.25) is 0 Å². The number of benzene rings is 2. The number of hydrogen-bond acceptors (Lipinski definition) is 1. The predicted molar refractivity (Wildman–Crippen MR) is 108 cm³/mol. The molecule has 4 rings (SSSR count). The van der Waals surface area contributed by atoms with Gasteiger partial charge in [-0.15, -0.1) is 0 Å². The van der Waals surface area contributed by atoms with Crippen molar-refractivity contribution in [3.05, 3.63) is 70.9 Å². The van der Waals surface area contributed by atoms with Crippen LogP contribution in [0.1, 0.15) is 29.3 Å². The van der Waals surface area contributed by atoms with Crippen molar-refractivity contribution < 1.29 is 0 Å². The van der Waals surface area contributed by atoms with E-state index in [4.69, 9.17) is 0 Å². The molecule has 2 nitrogen and oxygen atoms in total. The van der Waals surface area contributed by atoms with Gasteiger partial charge in [-0.3, -0.25) is 0 Å². The molecule has 0 radical (unpaired) electrons. The minimum absolute atomic E-state index is 1.11. The van der Waals surface area contributed by atoms with Gasteiger partial charge >= 0.3 is 0 Å². The van der Waals surface area contributed by atoms with E-state index in [0.29, 0.717) is 0 Å². The van der Waals surface area contributed by atoms with Crippen LogP contribution in [0.3, 0.4) is 0 Å². The minimum atomic E-state index is 1.11. The van der Waals surface area contributed by atoms with Crippen LogP contribution in [0.15, 0.2) is 48.5 Å². The Hall–Kier alpha value is -2.32. The minimum Gasteiger partial charge on any atom is -0.320 e. The second kappa shape index (κ2) is 6.53. The molecule has 0 fully saturated rings. The Morgan fingerprint density at radius 3 is 2.56 bits per heavy atom. The van der Waals surface area contributed by atoms with Gasteiger partial charge in [-0.25, -0.2) is 0 Å². The van der Waals surface area contributed by atoms with Crippen molar-refractivity contribution in [3.63, 3.8) is 0 Å². The number of fused-ring (bicyclic) bond motifs is 3. The van der Waals surface area contributed by atoms with Gasteiger partial charge in [-0.05, 0) is 56.1 Å². The third kappa shape index (κ3) is 3.03. The molecule has 0 N–H and O–H groups in total. The van der Waals surface area contributed by atoms with Gasteiger partial charge in [0.25, 0.3) is 0 Å². The number of hydrogen-bond donors (Lipinski definition) is 0. The van der Waals surface area contributed by atoms with E-state index >= 15 is 0 Å². The Labute approximate surface area is 150 Å². The van der Waals surface area contributed by atoms with Crippen LogP contribution < -0.4 is 0 Å². The molecule has 0 atom stereocenters. The van der Waals surface area contributed by atoms with Gasteiger partial charge in [0.15, 0.2) is 0 Å². The van der Waals surface area contributed by atoms with Crippen molar-refractivity contribution in [1.29, 1.82) is 0 Å². The Kier molecular flexibility index (Phi) is 4.22. The molecule has 0 spiro atoms. The molecular weight excluding hydrogens is 304 g/mol. The largest absolute Gasteiger partial charge is 0.320 e. The molecule has 2 heterocycles. The molecule has 0 saturated carbocycles. The van der Waals surface area contributed by atoms with Crippen LogP contribution in [0.2, 0.25) is 0 Å². The van der Waals surface area contributed by atoms with Gasteiger partial charge in [0, 0.05) is 36.8 Å². The van der Waals surface area contributed by atoms with Gasteiger partial charge in [0.05, 0.1) is 5.52 Å². The number of allylic oxidation sites excluding steroid dienone is 1. The number of aromatic nitrogens is 1. The topological polar surface area (TPSA) is 8.17 Å². The van der Waals surface area contributed by atoms with E-state index in [0.717, 1.165) is 25.9 Å². The van der Waals surface area contributed by atoms with Crippen LogP contribution in [0.25, 0.3) is 22.7 Å². The van der Waals surface area contributed by atoms with Gasteiger partial charge in [-0.2, -0.15) is 0 Å². The third-order valence-corrected chi connectivity index (χ3v) is 5.40. The van der Waals surface area contributed by atoms with Crippen molar-refractivity contribution in [2.75, 3.05) is 20.1 Å². The zero-order chi connectivity index (χ0) is 17.4. The Bertz CT molecular complexity index is 932. The van der Waals surface area contributed by atoms with E-state index in [1.54, 1.807) is 5.56 Å². The Balaban J connectivity index is 1.91. The molecule has 0 unspecified atom stereocenters. The SMILES string of the molecule is CC(=Cn1c2c(c3cc(C)ccc31)CCN(C)CC2)c1ccccc1. The highest BCUT2D eigenvalue weighted by Gasteiger charge is 2.20. The van der Waals surface area contributed by atoms with E-state index in [9.17, 15) is 0 Å². The van der Waals surface area contributed by atoms with Crippen LogP contribution in [-0.2, 0) is 12.8 Å². The van der Waals surface area contributed by atoms with Gasteiger partial charge < -0.3 is 9.47 Å². The average Bonchev–Trinajstić information content (AvgIpc) is 2.76. The molecule has 0 bridgehead atoms. The van der Waals surface area contributed by atoms with Crippen molar-refractivity contribution in [1.82, 2.24) is 9.47 Å². The molecule has 2 aromatic carbocycles. The monoisotopic (exact) mass is 330 g/mol. The van der Waals surface area contributed by atoms with E-state index < -0.39 is 0 Å². The van der Waals surface area contributed by atoms with Crippen molar-refractivity contribution in [2.45, 2.75) is 26.7 Å². The molecule has 3 aromatic rings. The Morgan fingerprint density at radius 2 is 1.76 bits per heavy atom. The summed E-state index contributed by atoms with van der Waals surface area (Å²) in [4.78, 5) is 2.44. The summed E-state index contributed by atoms with van der Waals surface area (Å²) in [6.45, 7) is 6.67. The standard InChI is InChI=1S/C23H26N2/c1-17-9-10-22-21(15-17)20-11-13-24(3)14-12-23(20)25(22)16-18(2)19-7-5-4-6-8-19/h4-10,15-16H,11-14H2,1-3H3. The molecule has 25 heavy (non-hydrogen) atoms. The lowest BCUT2D eigenvalue weighted by Gasteiger charge is -2.13. The highest BCUT2D eigenvalue weighted by molar-refractivity contribution is 5.90. The van der Waals surface area contributed by atoms with Crippen LogP contribution in [0.4, 0.5) is 0 Å². The summed E-state index contributed by atoms with van der Waals surface area (Å²) in [6.07, 6.45) is 4.58. The summed E-state index contributed by atoms with van der Waals surface area (Å²) < 4.78 is 2.45. The molecule has 1 aromatic heterocycles. The second-order valence-electron chi connectivity index (χ2n) is 7.30. The number of likely N-dealkylation sites (N-methyl/N-ethyl adjacent to an activating group) is 1. The van der Waals surface area contributed by atoms with Gasteiger partial charge in [-0.1, -0.05) is 42.0 Å². The summed E-state index contributed by atoms with van der Waals surface area (Å²) in [5, 5.41) is 1.43. The van der Waals surface area contributed by atoms with E-state index in [1.807, 2.05) is 0 Å². The average molecular weight is 330 g/mol.